The van der Waals surface area contributed by atoms with Gasteiger partial charge in [-0.15, -0.1) is 0 Å². The van der Waals surface area contributed by atoms with Gasteiger partial charge in [-0.3, -0.25) is 14.4 Å². The van der Waals surface area contributed by atoms with Crippen LogP contribution in [0.15, 0.2) is 53.3 Å². The molecular formula is C21H20N4O5. The van der Waals surface area contributed by atoms with E-state index in [1.54, 1.807) is 48.5 Å². The molecule has 0 aliphatic heterocycles. The molecule has 0 spiro atoms. The number of esters is 1. The molecule has 1 atom stereocenters. The molecule has 9 heteroatoms. The number of carbonyl (C=O) groups excluding carboxylic acids is 3. The summed E-state index contributed by atoms with van der Waals surface area (Å²) in [6.45, 7) is 2.83. The van der Waals surface area contributed by atoms with Crippen LogP contribution in [0.2, 0.25) is 0 Å². The fourth-order valence-corrected chi connectivity index (χ4v) is 2.80. The van der Waals surface area contributed by atoms with E-state index in [9.17, 15) is 19.2 Å². The normalized spacial score (nSPS) is 11.6. The topological polar surface area (TPSA) is 119 Å². The van der Waals surface area contributed by atoms with E-state index in [0.717, 1.165) is 4.68 Å². The Bertz CT molecular complexity index is 1180. The smallest absolute Gasteiger partial charge is 0.360 e. The summed E-state index contributed by atoms with van der Waals surface area (Å²) in [6, 6.07) is 13.0. The quantitative estimate of drug-likeness (QED) is 0.624. The van der Waals surface area contributed by atoms with Crippen molar-refractivity contribution in [2.45, 2.75) is 20.0 Å². The van der Waals surface area contributed by atoms with Crippen molar-refractivity contribution >= 4 is 39.9 Å². The van der Waals surface area contributed by atoms with Gasteiger partial charge in [0.25, 0.3) is 11.5 Å². The summed E-state index contributed by atoms with van der Waals surface area (Å²) in [5.74, 6) is -1.55. The summed E-state index contributed by atoms with van der Waals surface area (Å²) >= 11 is 0. The number of rotatable bonds is 5. The number of amides is 2. The minimum absolute atomic E-state index is 0.0491. The molecule has 0 aliphatic carbocycles. The Morgan fingerprint density at radius 2 is 1.53 bits per heavy atom. The first-order chi connectivity index (χ1) is 14.3. The van der Waals surface area contributed by atoms with Crippen molar-refractivity contribution in [3.05, 3.63) is 64.6 Å². The highest BCUT2D eigenvalue weighted by Crippen LogP contribution is 2.16. The maximum atomic E-state index is 12.6. The summed E-state index contributed by atoms with van der Waals surface area (Å²) < 4.78 is 6.32. The van der Waals surface area contributed by atoms with E-state index in [2.05, 4.69) is 15.7 Å². The van der Waals surface area contributed by atoms with Gasteiger partial charge in [-0.05, 0) is 37.3 Å². The second-order valence-electron chi connectivity index (χ2n) is 6.62. The molecule has 2 aromatic carbocycles. The van der Waals surface area contributed by atoms with Gasteiger partial charge in [-0.25, -0.2) is 9.48 Å². The van der Waals surface area contributed by atoms with Gasteiger partial charge in [-0.1, -0.05) is 18.2 Å². The minimum Gasteiger partial charge on any atom is -0.448 e. The van der Waals surface area contributed by atoms with Crippen molar-refractivity contribution in [1.29, 1.82) is 0 Å². The molecule has 0 saturated heterocycles. The van der Waals surface area contributed by atoms with Crippen LogP contribution in [-0.2, 0) is 21.4 Å². The molecule has 3 rings (SSSR count). The lowest BCUT2D eigenvalue weighted by Gasteiger charge is -2.14. The second-order valence-corrected chi connectivity index (χ2v) is 6.62. The van der Waals surface area contributed by atoms with Gasteiger partial charge in [-0.2, -0.15) is 5.10 Å². The van der Waals surface area contributed by atoms with E-state index in [0.29, 0.717) is 22.1 Å². The third kappa shape index (κ3) is 4.52. The molecule has 0 fully saturated rings. The Morgan fingerprint density at radius 3 is 2.13 bits per heavy atom. The first-order valence-corrected chi connectivity index (χ1v) is 9.12. The molecule has 3 aromatic rings. The summed E-state index contributed by atoms with van der Waals surface area (Å²) in [5, 5.41) is 9.93. The highest BCUT2D eigenvalue weighted by molar-refractivity contribution is 6.03. The minimum atomic E-state index is -1.11. The predicted molar refractivity (Wildman–Crippen MR) is 111 cm³/mol. The lowest BCUT2D eigenvalue weighted by atomic mass is 10.1. The molecule has 2 N–H and O–H groups in total. The van der Waals surface area contributed by atoms with Crippen LogP contribution in [-0.4, -0.2) is 33.7 Å². The zero-order chi connectivity index (χ0) is 21.8. The van der Waals surface area contributed by atoms with Crippen LogP contribution >= 0.6 is 0 Å². The second kappa shape index (κ2) is 8.56. The highest BCUT2D eigenvalue weighted by atomic mass is 16.5. The van der Waals surface area contributed by atoms with Gasteiger partial charge in [0.2, 0.25) is 5.91 Å². The monoisotopic (exact) mass is 408 g/mol. The van der Waals surface area contributed by atoms with Crippen molar-refractivity contribution in [1.82, 2.24) is 9.78 Å². The zero-order valence-electron chi connectivity index (χ0n) is 16.6. The standard InChI is InChI=1S/C21H20N4O5/c1-12(19(27)23-15-10-8-14(9-11-15)22-13(2)26)30-21(29)18-16-6-4-5-7-17(16)20(28)25(3)24-18/h4-12H,1-3H3,(H,22,26)(H,23,27)/t12-/m0/s1. The van der Waals surface area contributed by atoms with E-state index in [-0.39, 0.29) is 17.2 Å². The SMILES string of the molecule is CC(=O)Nc1ccc(NC(=O)[C@H](C)OC(=O)c2nn(C)c(=O)c3ccccc23)cc1. The summed E-state index contributed by atoms with van der Waals surface area (Å²) in [4.78, 5) is 48.2. The average molecular weight is 408 g/mol. The summed E-state index contributed by atoms with van der Waals surface area (Å²) in [6.07, 6.45) is -1.11. The first-order valence-electron chi connectivity index (χ1n) is 9.12. The van der Waals surface area contributed by atoms with Crippen molar-refractivity contribution in [2.75, 3.05) is 10.6 Å². The lowest BCUT2D eigenvalue weighted by Crippen LogP contribution is -2.31. The molecule has 2 amide bonds. The number of hydrogen-bond donors (Lipinski definition) is 2. The number of benzene rings is 2. The van der Waals surface area contributed by atoms with Crippen molar-refractivity contribution < 1.29 is 19.1 Å². The highest BCUT2D eigenvalue weighted by Gasteiger charge is 2.23. The first kappa shape index (κ1) is 20.7. The molecule has 0 saturated carbocycles. The number of nitrogens with one attached hydrogen (secondary N) is 2. The van der Waals surface area contributed by atoms with Crippen LogP contribution in [0.4, 0.5) is 11.4 Å². The fourth-order valence-electron chi connectivity index (χ4n) is 2.80. The number of ether oxygens (including phenoxy) is 1. The van der Waals surface area contributed by atoms with Crippen molar-refractivity contribution in [3.63, 3.8) is 0 Å². The average Bonchev–Trinajstić information content (AvgIpc) is 2.71. The van der Waals surface area contributed by atoms with Crippen LogP contribution < -0.4 is 16.2 Å². The zero-order valence-corrected chi connectivity index (χ0v) is 16.6. The van der Waals surface area contributed by atoms with Crippen LogP contribution in [0.5, 0.6) is 0 Å². The number of aromatic nitrogens is 2. The van der Waals surface area contributed by atoms with Crippen LogP contribution in [0.25, 0.3) is 10.8 Å². The van der Waals surface area contributed by atoms with Gasteiger partial charge >= 0.3 is 5.97 Å². The largest absolute Gasteiger partial charge is 0.448 e. The number of aryl methyl sites for hydroxylation is 1. The molecule has 9 nitrogen and oxygen atoms in total. The van der Waals surface area contributed by atoms with E-state index < -0.39 is 18.0 Å². The van der Waals surface area contributed by atoms with Gasteiger partial charge in [0, 0.05) is 30.7 Å². The van der Waals surface area contributed by atoms with Crippen molar-refractivity contribution in [2.24, 2.45) is 7.05 Å². The number of hydrogen-bond acceptors (Lipinski definition) is 6. The van der Waals surface area contributed by atoms with Gasteiger partial charge in [0.05, 0.1) is 5.39 Å². The van der Waals surface area contributed by atoms with E-state index in [1.165, 1.54) is 20.9 Å². The molecule has 30 heavy (non-hydrogen) atoms. The predicted octanol–water partition coefficient (Wildman–Crippen LogP) is 2.08. The number of anilines is 2. The number of carbonyl (C=O) groups is 3. The molecule has 1 aromatic heterocycles. The molecule has 0 unspecified atom stereocenters. The molecule has 0 radical (unpaired) electrons. The third-order valence-electron chi connectivity index (χ3n) is 4.28. The molecular weight excluding hydrogens is 388 g/mol. The molecule has 154 valence electrons. The van der Waals surface area contributed by atoms with Crippen LogP contribution in [0, 0.1) is 0 Å². The van der Waals surface area contributed by atoms with Crippen LogP contribution in [0.1, 0.15) is 24.3 Å². The summed E-state index contributed by atoms with van der Waals surface area (Å²) in [5.41, 5.74) is 0.679. The maximum absolute atomic E-state index is 12.6. The Labute approximate surface area is 171 Å². The van der Waals surface area contributed by atoms with E-state index >= 15 is 0 Å². The maximum Gasteiger partial charge on any atom is 0.360 e. The van der Waals surface area contributed by atoms with Crippen LogP contribution in [0.3, 0.4) is 0 Å². The fraction of sp³-hybridized carbons (Fsp3) is 0.190. The number of fused-ring (bicyclic) bond motifs is 1. The Kier molecular flexibility index (Phi) is 5.91. The van der Waals surface area contributed by atoms with Crippen molar-refractivity contribution in [3.8, 4) is 0 Å². The van der Waals surface area contributed by atoms with E-state index in [1.807, 2.05) is 0 Å². The molecule has 1 heterocycles. The Hall–Kier alpha value is -4.01. The number of nitrogens with zero attached hydrogens (tertiary/aromatic N) is 2. The Morgan fingerprint density at radius 1 is 0.967 bits per heavy atom. The molecule has 0 bridgehead atoms. The summed E-state index contributed by atoms with van der Waals surface area (Å²) in [7, 11) is 1.44. The van der Waals surface area contributed by atoms with E-state index in [4.69, 9.17) is 4.74 Å². The van der Waals surface area contributed by atoms with Gasteiger partial charge < -0.3 is 15.4 Å². The molecule has 0 aliphatic rings. The third-order valence-corrected chi connectivity index (χ3v) is 4.28. The Balaban J connectivity index is 1.72. The lowest BCUT2D eigenvalue weighted by molar-refractivity contribution is -0.123. The van der Waals surface area contributed by atoms with Gasteiger partial charge in [0.1, 0.15) is 0 Å². The van der Waals surface area contributed by atoms with Gasteiger partial charge in [0.15, 0.2) is 11.8 Å².